The summed E-state index contributed by atoms with van der Waals surface area (Å²) in [6, 6.07) is 7.56. The molecule has 6 heteroatoms. The number of hydrogen-bond acceptors (Lipinski definition) is 4. The molecule has 2 aliphatic rings. The number of rotatable bonds is 7. The van der Waals surface area contributed by atoms with E-state index < -0.39 is 0 Å². The fourth-order valence-corrected chi connectivity index (χ4v) is 3.32. The maximum Gasteiger partial charge on any atom is 0.234 e. The maximum atomic E-state index is 12.1. The number of hydrogen-bond donors (Lipinski definition) is 2. The molecule has 1 aliphatic heterocycles. The third-order valence-electron chi connectivity index (χ3n) is 4.88. The van der Waals surface area contributed by atoms with Crippen LogP contribution >= 0.6 is 11.6 Å². The van der Waals surface area contributed by atoms with Crippen molar-refractivity contribution in [3.05, 3.63) is 34.9 Å². The van der Waals surface area contributed by atoms with Gasteiger partial charge in [0, 0.05) is 44.3 Å². The van der Waals surface area contributed by atoms with Crippen LogP contribution in [-0.4, -0.2) is 66.2 Å². The van der Waals surface area contributed by atoms with E-state index in [-0.39, 0.29) is 12.0 Å². The minimum absolute atomic E-state index is 0.0291. The second-order valence-corrected chi connectivity index (χ2v) is 7.26. The number of nitrogens with one attached hydrogen (secondary N) is 1. The molecule has 1 aromatic rings. The number of carbonyl (C=O) groups excluding carboxylic acids is 1. The van der Waals surface area contributed by atoms with Gasteiger partial charge in [0.1, 0.15) is 0 Å². The van der Waals surface area contributed by atoms with Gasteiger partial charge in [-0.3, -0.25) is 14.6 Å². The van der Waals surface area contributed by atoms with Gasteiger partial charge in [0.05, 0.1) is 12.6 Å². The Kier molecular flexibility index (Phi) is 6.11. The van der Waals surface area contributed by atoms with E-state index in [1.165, 1.54) is 12.8 Å². The highest BCUT2D eigenvalue weighted by molar-refractivity contribution is 6.31. The zero-order valence-corrected chi connectivity index (χ0v) is 14.7. The van der Waals surface area contributed by atoms with Crippen molar-refractivity contribution in [2.75, 3.05) is 39.3 Å². The van der Waals surface area contributed by atoms with Gasteiger partial charge >= 0.3 is 0 Å². The van der Waals surface area contributed by atoms with Crippen LogP contribution in [0.15, 0.2) is 24.3 Å². The minimum Gasteiger partial charge on any atom is -0.392 e. The summed E-state index contributed by atoms with van der Waals surface area (Å²) in [4.78, 5) is 16.6. The molecule has 5 nitrogen and oxygen atoms in total. The number of amides is 1. The smallest absolute Gasteiger partial charge is 0.234 e. The van der Waals surface area contributed by atoms with Gasteiger partial charge in [0.2, 0.25) is 5.91 Å². The Morgan fingerprint density at radius 1 is 1.21 bits per heavy atom. The van der Waals surface area contributed by atoms with Crippen molar-refractivity contribution >= 4 is 17.5 Å². The molecule has 1 aliphatic carbocycles. The van der Waals surface area contributed by atoms with Crippen LogP contribution in [0, 0.1) is 5.92 Å². The molecule has 2 fully saturated rings. The number of benzene rings is 1. The van der Waals surface area contributed by atoms with Gasteiger partial charge in [-0.1, -0.05) is 29.8 Å². The van der Waals surface area contributed by atoms with Gasteiger partial charge in [-0.05, 0) is 30.4 Å². The van der Waals surface area contributed by atoms with Crippen LogP contribution in [0.25, 0.3) is 0 Å². The van der Waals surface area contributed by atoms with E-state index in [0.717, 1.165) is 38.3 Å². The van der Waals surface area contributed by atoms with E-state index in [9.17, 15) is 9.90 Å². The molecule has 0 aromatic heterocycles. The first-order valence-corrected chi connectivity index (χ1v) is 9.12. The van der Waals surface area contributed by atoms with Crippen molar-refractivity contribution in [2.24, 2.45) is 5.92 Å². The molecule has 1 atom stereocenters. The molecular weight excluding hydrogens is 326 g/mol. The van der Waals surface area contributed by atoms with Crippen LogP contribution in [0.2, 0.25) is 5.02 Å². The molecule has 1 saturated carbocycles. The van der Waals surface area contributed by atoms with E-state index in [0.29, 0.717) is 24.0 Å². The number of halogens is 1. The largest absolute Gasteiger partial charge is 0.392 e. The number of β-amino-alcohol motifs (C(OH)–C–C–N with tert-alkyl or cyclic N) is 1. The lowest BCUT2D eigenvalue weighted by atomic mass is 10.2. The summed E-state index contributed by atoms with van der Waals surface area (Å²) in [6.45, 7) is 5.24. The fourth-order valence-electron chi connectivity index (χ4n) is 3.12. The highest BCUT2D eigenvalue weighted by atomic mass is 35.5. The Balaban J connectivity index is 1.34. The zero-order valence-electron chi connectivity index (χ0n) is 14.0. The van der Waals surface area contributed by atoms with E-state index >= 15 is 0 Å². The van der Waals surface area contributed by atoms with Crippen LogP contribution in [0.4, 0.5) is 0 Å². The summed E-state index contributed by atoms with van der Waals surface area (Å²) in [5.41, 5.74) is 0.936. The summed E-state index contributed by atoms with van der Waals surface area (Å²) in [5.74, 6) is 0.556. The third-order valence-corrected chi connectivity index (χ3v) is 5.25. The van der Waals surface area contributed by atoms with Crippen LogP contribution in [0.5, 0.6) is 0 Å². The van der Waals surface area contributed by atoms with Crippen LogP contribution in [0.1, 0.15) is 18.4 Å². The molecule has 0 radical (unpaired) electrons. The van der Waals surface area contributed by atoms with Crippen LogP contribution in [-0.2, 0) is 11.3 Å². The van der Waals surface area contributed by atoms with Crippen molar-refractivity contribution in [1.82, 2.24) is 15.1 Å². The normalized spacial score (nSPS) is 20.8. The second-order valence-electron chi connectivity index (χ2n) is 6.85. The predicted octanol–water partition coefficient (Wildman–Crippen LogP) is 1.34. The van der Waals surface area contributed by atoms with Crippen molar-refractivity contribution < 1.29 is 9.90 Å². The number of aliphatic hydroxyl groups excluding tert-OH is 1. The van der Waals surface area contributed by atoms with Crippen LogP contribution < -0.4 is 5.32 Å². The highest BCUT2D eigenvalue weighted by Crippen LogP contribution is 2.32. The molecule has 0 unspecified atom stereocenters. The summed E-state index contributed by atoms with van der Waals surface area (Å²) in [5, 5.41) is 13.6. The number of aliphatic hydroxyl groups is 1. The van der Waals surface area contributed by atoms with Crippen molar-refractivity contribution in [2.45, 2.75) is 25.5 Å². The van der Waals surface area contributed by atoms with Gasteiger partial charge in [0.25, 0.3) is 0 Å². The molecule has 1 heterocycles. The average Bonchev–Trinajstić information content (AvgIpc) is 3.41. The zero-order chi connectivity index (χ0) is 16.9. The molecule has 3 rings (SSSR count). The molecular formula is C18H26ClN3O2. The summed E-state index contributed by atoms with van der Waals surface area (Å²) >= 11 is 6.10. The van der Waals surface area contributed by atoms with Crippen molar-refractivity contribution in [1.29, 1.82) is 0 Å². The SMILES string of the molecule is O=C(CN1CCN(C[C@H](O)C2CC2)CC1)NCc1ccccc1Cl. The molecule has 2 N–H and O–H groups in total. The fraction of sp³-hybridized carbons (Fsp3) is 0.611. The number of carbonyl (C=O) groups is 1. The van der Waals surface area contributed by atoms with E-state index in [2.05, 4.69) is 15.1 Å². The molecule has 1 saturated heterocycles. The lowest BCUT2D eigenvalue weighted by Crippen LogP contribution is -2.51. The second kappa shape index (κ2) is 8.30. The first-order chi connectivity index (χ1) is 11.6. The third kappa shape index (κ3) is 5.18. The van der Waals surface area contributed by atoms with Gasteiger partial charge in [0.15, 0.2) is 0 Å². The summed E-state index contributed by atoms with van der Waals surface area (Å²) < 4.78 is 0. The molecule has 1 amide bonds. The quantitative estimate of drug-likeness (QED) is 0.778. The van der Waals surface area contributed by atoms with E-state index in [4.69, 9.17) is 11.6 Å². The van der Waals surface area contributed by atoms with Crippen LogP contribution in [0.3, 0.4) is 0 Å². The standard InChI is InChI=1S/C18H26ClN3O2/c19-16-4-2-1-3-15(16)11-20-18(24)13-22-9-7-21(8-10-22)12-17(23)14-5-6-14/h1-4,14,17,23H,5-13H2,(H,20,24)/t17-/m0/s1. The monoisotopic (exact) mass is 351 g/mol. The highest BCUT2D eigenvalue weighted by Gasteiger charge is 2.31. The number of nitrogens with zero attached hydrogens (tertiary/aromatic N) is 2. The topological polar surface area (TPSA) is 55.8 Å². The minimum atomic E-state index is -0.171. The average molecular weight is 352 g/mol. The Morgan fingerprint density at radius 2 is 1.88 bits per heavy atom. The maximum absolute atomic E-state index is 12.1. The van der Waals surface area contributed by atoms with Gasteiger partial charge in [-0.2, -0.15) is 0 Å². The molecule has 0 bridgehead atoms. The van der Waals surface area contributed by atoms with Gasteiger partial charge in [-0.25, -0.2) is 0 Å². The predicted molar refractivity (Wildman–Crippen MR) is 94.9 cm³/mol. The molecule has 0 spiro atoms. The lowest BCUT2D eigenvalue weighted by Gasteiger charge is -2.35. The Hall–Kier alpha value is -1.14. The lowest BCUT2D eigenvalue weighted by molar-refractivity contribution is -0.122. The van der Waals surface area contributed by atoms with Crippen molar-refractivity contribution in [3.63, 3.8) is 0 Å². The Morgan fingerprint density at radius 3 is 2.54 bits per heavy atom. The molecule has 132 valence electrons. The number of piperazine rings is 1. The van der Waals surface area contributed by atoms with Gasteiger partial charge in [-0.15, -0.1) is 0 Å². The molecule has 1 aromatic carbocycles. The first-order valence-electron chi connectivity index (χ1n) is 8.74. The Bertz CT molecular complexity index is 557. The summed E-state index contributed by atoms with van der Waals surface area (Å²) in [7, 11) is 0. The first kappa shape index (κ1) is 17.7. The molecule has 24 heavy (non-hydrogen) atoms. The van der Waals surface area contributed by atoms with Gasteiger partial charge < -0.3 is 10.4 Å². The Labute approximate surface area is 148 Å². The van der Waals surface area contributed by atoms with Crippen molar-refractivity contribution in [3.8, 4) is 0 Å². The van der Waals surface area contributed by atoms with E-state index in [1.54, 1.807) is 0 Å². The van der Waals surface area contributed by atoms with E-state index in [1.807, 2.05) is 24.3 Å². The summed E-state index contributed by atoms with van der Waals surface area (Å²) in [6.07, 6.45) is 2.18.